The van der Waals surface area contributed by atoms with E-state index in [1.165, 1.54) is 12.1 Å². The fourth-order valence-electron chi connectivity index (χ4n) is 5.12. The van der Waals surface area contributed by atoms with Gasteiger partial charge in [0.05, 0.1) is 12.7 Å². The van der Waals surface area contributed by atoms with Crippen molar-refractivity contribution in [2.75, 3.05) is 51.9 Å². The van der Waals surface area contributed by atoms with Crippen LogP contribution in [0.25, 0.3) is 11.1 Å². The van der Waals surface area contributed by atoms with Crippen molar-refractivity contribution in [3.8, 4) is 16.9 Å². The van der Waals surface area contributed by atoms with E-state index in [0.29, 0.717) is 68.0 Å². The van der Waals surface area contributed by atoms with E-state index in [0.717, 1.165) is 18.7 Å². The predicted molar refractivity (Wildman–Crippen MR) is 151 cm³/mol. The van der Waals surface area contributed by atoms with Crippen LogP contribution in [0.4, 0.5) is 10.1 Å². The van der Waals surface area contributed by atoms with Crippen molar-refractivity contribution in [2.24, 2.45) is 0 Å². The largest absolute Gasteiger partial charge is 0.493 e. The smallest absolute Gasteiger partial charge is 0.253 e. The average Bonchev–Trinajstić information content (AvgIpc) is 2.91. The highest BCUT2D eigenvalue weighted by molar-refractivity contribution is 5.96. The molecule has 0 bridgehead atoms. The van der Waals surface area contributed by atoms with Crippen LogP contribution in [0, 0.1) is 5.82 Å². The number of methoxy groups -OCH3 is 1. The van der Waals surface area contributed by atoms with Crippen molar-refractivity contribution in [2.45, 2.75) is 64.6 Å². The van der Waals surface area contributed by atoms with Gasteiger partial charge in [0, 0.05) is 80.3 Å². The van der Waals surface area contributed by atoms with Crippen LogP contribution in [0.1, 0.15) is 56.8 Å². The molecule has 1 atom stereocenters. The summed E-state index contributed by atoms with van der Waals surface area (Å²) in [6.45, 7) is 9.32. The lowest BCUT2D eigenvalue weighted by Crippen LogP contribution is -2.45. The van der Waals surface area contributed by atoms with Crippen LogP contribution in [-0.4, -0.2) is 81.1 Å². The maximum absolute atomic E-state index is 15.3. The Labute approximate surface area is 226 Å². The molecule has 2 aromatic carbocycles. The van der Waals surface area contributed by atoms with Crippen LogP contribution in [0.2, 0.25) is 0 Å². The van der Waals surface area contributed by atoms with Gasteiger partial charge in [-0.2, -0.15) is 0 Å². The first kappa shape index (κ1) is 29.9. The summed E-state index contributed by atoms with van der Waals surface area (Å²) in [5.74, 6) is 0.0155. The molecule has 7 nitrogen and oxygen atoms in total. The molecular weight excluding hydrogens is 485 g/mol. The minimum Gasteiger partial charge on any atom is -0.493 e. The lowest BCUT2D eigenvalue weighted by Gasteiger charge is -2.37. The number of amides is 1. The minimum absolute atomic E-state index is 0.152. The molecular formula is C30H44FN3O4. The summed E-state index contributed by atoms with van der Waals surface area (Å²) in [4.78, 5) is 17.3. The second-order valence-electron chi connectivity index (χ2n) is 10.2. The number of halogens is 1. The highest BCUT2D eigenvalue weighted by atomic mass is 19.1. The molecule has 1 aliphatic heterocycles. The Hall–Kier alpha value is -2.68. The van der Waals surface area contributed by atoms with Gasteiger partial charge in [-0.05, 0) is 70.5 Å². The molecule has 8 heteroatoms. The van der Waals surface area contributed by atoms with Crippen LogP contribution in [0.15, 0.2) is 36.4 Å². The third-order valence-electron chi connectivity index (χ3n) is 7.13. The van der Waals surface area contributed by atoms with Crippen molar-refractivity contribution in [3.05, 3.63) is 47.8 Å². The quantitative estimate of drug-likeness (QED) is 0.366. The molecule has 1 fully saturated rings. The number of piperidine rings is 1. The number of carbonyl (C=O) groups excluding carboxylic acids is 1. The molecule has 1 amide bonds. The number of hydrogen-bond acceptors (Lipinski definition) is 6. The van der Waals surface area contributed by atoms with Crippen LogP contribution in [-0.2, 0) is 4.74 Å². The average molecular weight is 530 g/mol. The maximum atomic E-state index is 15.3. The number of aliphatic hydroxyl groups is 1. The summed E-state index contributed by atoms with van der Waals surface area (Å²) in [6, 6.07) is 10.9. The maximum Gasteiger partial charge on any atom is 0.253 e. The number of nitrogens with one attached hydrogen (secondary N) is 1. The molecule has 0 unspecified atom stereocenters. The summed E-state index contributed by atoms with van der Waals surface area (Å²) in [7, 11) is 3.61. The second-order valence-corrected chi connectivity index (χ2v) is 10.2. The van der Waals surface area contributed by atoms with E-state index in [1.54, 1.807) is 18.1 Å². The first-order valence-corrected chi connectivity index (χ1v) is 13.8. The van der Waals surface area contributed by atoms with Crippen molar-refractivity contribution in [1.29, 1.82) is 0 Å². The summed E-state index contributed by atoms with van der Waals surface area (Å²) < 4.78 is 26.6. The molecule has 210 valence electrons. The van der Waals surface area contributed by atoms with Gasteiger partial charge >= 0.3 is 0 Å². The molecule has 1 aliphatic rings. The van der Waals surface area contributed by atoms with E-state index < -0.39 is 5.82 Å². The number of rotatable bonds is 13. The van der Waals surface area contributed by atoms with E-state index in [1.807, 2.05) is 25.2 Å². The fourth-order valence-corrected chi connectivity index (χ4v) is 5.12. The molecule has 0 saturated carbocycles. The Morgan fingerprint density at radius 2 is 1.89 bits per heavy atom. The van der Waals surface area contributed by atoms with Gasteiger partial charge in [0.15, 0.2) is 0 Å². The highest BCUT2D eigenvalue weighted by Crippen LogP contribution is 2.37. The van der Waals surface area contributed by atoms with Gasteiger partial charge in [0.2, 0.25) is 0 Å². The predicted octanol–water partition coefficient (Wildman–Crippen LogP) is 4.72. The third kappa shape index (κ3) is 7.46. The minimum atomic E-state index is -0.410. The van der Waals surface area contributed by atoms with Crippen molar-refractivity contribution < 1.29 is 23.8 Å². The molecule has 1 heterocycles. The summed E-state index contributed by atoms with van der Waals surface area (Å²) in [5.41, 5.74) is 2.38. The van der Waals surface area contributed by atoms with Gasteiger partial charge in [0.1, 0.15) is 11.6 Å². The molecule has 0 radical (unpaired) electrons. The van der Waals surface area contributed by atoms with Gasteiger partial charge in [0.25, 0.3) is 5.91 Å². The Kier molecular flexibility index (Phi) is 11.4. The van der Waals surface area contributed by atoms with Crippen LogP contribution in [0.5, 0.6) is 5.75 Å². The number of carbonyl (C=O) groups is 1. The summed E-state index contributed by atoms with van der Waals surface area (Å²) >= 11 is 0. The molecule has 3 rings (SSSR count). The normalized spacial score (nSPS) is 15.1. The van der Waals surface area contributed by atoms with Gasteiger partial charge < -0.3 is 29.7 Å². The Bertz CT molecular complexity index is 1040. The van der Waals surface area contributed by atoms with Crippen LogP contribution in [0.3, 0.4) is 0 Å². The summed E-state index contributed by atoms with van der Waals surface area (Å²) in [5, 5.41) is 13.1. The standard InChI is InChI=1S/C30H44FN3O4/c1-6-23(20-32-4)34(21(2)3)24-9-10-26(29(19-24)38-17-7-16-37-5)27-18-22(8-11-28(27)31)30(36)33-14-12-25(35)13-15-33/h8-11,18-19,21,23,25,32,35H,6-7,12-17,20H2,1-5H3/t23-/m1/s1. The van der Waals surface area contributed by atoms with Gasteiger partial charge in [-0.25, -0.2) is 4.39 Å². The van der Waals surface area contributed by atoms with Crippen LogP contribution >= 0.6 is 0 Å². The number of nitrogens with zero attached hydrogens (tertiary/aromatic N) is 2. The van der Waals surface area contributed by atoms with Crippen molar-refractivity contribution in [1.82, 2.24) is 10.2 Å². The molecule has 0 aliphatic carbocycles. The van der Waals surface area contributed by atoms with Gasteiger partial charge in [-0.3, -0.25) is 4.79 Å². The lowest BCUT2D eigenvalue weighted by molar-refractivity contribution is 0.0546. The van der Waals surface area contributed by atoms with Crippen molar-refractivity contribution in [3.63, 3.8) is 0 Å². The monoisotopic (exact) mass is 529 g/mol. The van der Waals surface area contributed by atoms with E-state index in [4.69, 9.17) is 9.47 Å². The first-order valence-electron chi connectivity index (χ1n) is 13.8. The number of anilines is 1. The molecule has 2 N–H and O–H groups in total. The Morgan fingerprint density at radius 1 is 1.16 bits per heavy atom. The third-order valence-corrected chi connectivity index (χ3v) is 7.13. The molecule has 2 aromatic rings. The van der Waals surface area contributed by atoms with E-state index >= 15 is 4.39 Å². The molecule has 38 heavy (non-hydrogen) atoms. The molecule has 1 saturated heterocycles. The Morgan fingerprint density at radius 3 is 2.53 bits per heavy atom. The van der Waals surface area contributed by atoms with Gasteiger partial charge in [-0.15, -0.1) is 0 Å². The lowest BCUT2D eigenvalue weighted by atomic mass is 9.99. The number of hydrogen-bond donors (Lipinski definition) is 2. The van der Waals surface area contributed by atoms with E-state index in [-0.39, 0.29) is 24.1 Å². The SMILES string of the molecule is CC[C@H](CNC)N(c1ccc(-c2cc(C(=O)N3CCC(O)CC3)ccc2F)c(OCCCOC)c1)C(C)C. The Balaban J connectivity index is 2.00. The number of likely N-dealkylation sites (tertiary alicyclic amines) is 1. The number of benzene rings is 2. The van der Waals surface area contributed by atoms with Crippen molar-refractivity contribution >= 4 is 11.6 Å². The molecule has 0 aromatic heterocycles. The number of ether oxygens (including phenoxy) is 2. The highest BCUT2D eigenvalue weighted by Gasteiger charge is 2.25. The summed E-state index contributed by atoms with van der Waals surface area (Å²) in [6.07, 6.45) is 2.41. The second kappa shape index (κ2) is 14.5. The first-order chi connectivity index (χ1) is 18.3. The number of aliphatic hydroxyl groups excluding tert-OH is 1. The number of likely N-dealkylation sites (N-methyl/N-ethyl adjacent to an activating group) is 1. The van der Waals surface area contributed by atoms with Crippen LogP contribution < -0.4 is 15.0 Å². The topological polar surface area (TPSA) is 74.3 Å². The zero-order chi connectivity index (χ0) is 27.7. The zero-order valence-electron chi connectivity index (χ0n) is 23.5. The van der Waals surface area contributed by atoms with E-state index in [9.17, 15) is 9.90 Å². The fraction of sp³-hybridized carbons (Fsp3) is 0.567. The van der Waals surface area contributed by atoms with E-state index in [2.05, 4.69) is 31.0 Å². The zero-order valence-corrected chi connectivity index (χ0v) is 23.5. The molecule has 0 spiro atoms. The van der Waals surface area contributed by atoms with Gasteiger partial charge in [-0.1, -0.05) is 6.92 Å².